The van der Waals surface area contributed by atoms with Crippen LogP contribution in [-0.2, 0) is 0 Å². The first-order chi connectivity index (χ1) is 7.19. The summed E-state index contributed by atoms with van der Waals surface area (Å²) in [4.78, 5) is 11.7. The summed E-state index contributed by atoms with van der Waals surface area (Å²) in [5.74, 6) is 0.710. The number of carbonyl (C=O) groups excluding carboxylic acids is 1. The second kappa shape index (κ2) is 5.36. The van der Waals surface area contributed by atoms with Gasteiger partial charge in [0.25, 0.3) is 0 Å². The second-order valence-corrected chi connectivity index (χ2v) is 3.23. The predicted molar refractivity (Wildman–Crippen MR) is 60.3 cm³/mol. The van der Waals surface area contributed by atoms with Crippen molar-refractivity contribution >= 4 is 11.5 Å². The van der Waals surface area contributed by atoms with Crippen molar-refractivity contribution in [3.63, 3.8) is 0 Å². The Morgan fingerprint density at radius 3 is 2.80 bits per heavy atom. The third kappa shape index (κ3) is 2.95. The van der Waals surface area contributed by atoms with E-state index in [0.717, 1.165) is 0 Å². The molecule has 0 aliphatic carbocycles. The molecule has 4 heteroatoms. The van der Waals surface area contributed by atoms with Crippen LogP contribution in [0.3, 0.4) is 0 Å². The van der Waals surface area contributed by atoms with Crippen molar-refractivity contribution < 1.29 is 9.53 Å². The topological polar surface area (TPSA) is 64.3 Å². The molecule has 0 spiro atoms. The van der Waals surface area contributed by atoms with Gasteiger partial charge < -0.3 is 15.8 Å². The molecule has 1 aromatic carbocycles. The number of ether oxygens (including phenoxy) is 1. The molecule has 0 bridgehead atoms. The lowest BCUT2D eigenvalue weighted by molar-refractivity contribution is 0.0984. The minimum Gasteiger partial charge on any atom is -0.497 e. The zero-order chi connectivity index (χ0) is 11.3. The van der Waals surface area contributed by atoms with Gasteiger partial charge in [-0.2, -0.15) is 0 Å². The number of nitrogens with one attached hydrogen (secondary N) is 1. The maximum atomic E-state index is 11.7. The van der Waals surface area contributed by atoms with E-state index in [1.807, 2.05) is 7.05 Å². The summed E-state index contributed by atoms with van der Waals surface area (Å²) >= 11 is 0. The molecule has 0 unspecified atom stereocenters. The van der Waals surface area contributed by atoms with E-state index in [0.29, 0.717) is 30.0 Å². The minimum atomic E-state index is 0.0458. The van der Waals surface area contributed by atoms with Crippen LogP contribution in [0.5, 0.6) is 5.75 Å². The van der Waals surface area contributed by atoms with Crippen molar-refractivity contribution in [3.8, 4) is 5.75 Å². The molecule has 0 saturated heterocycles. The maximum Gasteiger partial charge on any atom is 0.166 e. The second-order valence-electron chi connectivity index (χ2n) is 3.23. The normalized spacial score (nSPS) is 10.0. The standard InChI is InChI=1S/C11H16N2O2/c1-13-6-5-11(14)9-4-3-8(15-2)7-10(9)12/h3-4,7,13H,5-6,12H2,1-2H3. The lowest BCUT2D eigenvalue weighted by atomic mass is 10.1. The molecular weight excluding hydrogens is 192 g/mol. The summed E-state index contributed by atoms with van der Waals surface area (Å²) in [6.07, 6.45) is 0.451. The predicted octanol–water partition coefficient (Wildman–Crippen LogP) is 1.07. The number of rotatable bonds is 5. The minimum absolute atomic E-state index is 0.0458. The van der Waals surface area contributed by atoms with Gasteiger partial charge in [0, 0.05) is 30.3 Å². The van der Waals surface area contributed by atoms with Crippen molar-refractivity contribution in [1.29, 1.82) is 0 Å². The van der Waals surface area contributed by atoms with Crippen LogP contribution >= 0.6 is 0 Å². The summed E-state index contributed by atoms with van der Waals surface area (Å²) < 4.78 is 5.01. The highest BCUT2D eigenvalue weighted by atomic mass is 16.5. The largest absolute Gasteiger partial charge is 0.497 e. The molecule has 1 aromatic rings. The van der Waals surface area contributed by atoms with Crippen molar-refractivity contribution in [2.45, 2.75) is 6.42 Å². The summed E-state index contributed by atoms with van der Waals surface area (Å²) in [5, 5.41) is 2.92. The van der Waals surface area contributed by atoms with E-state index in [1.165, 1.54) is 0 Å². The molecule has 0 fully saturated rings. The smallest absolute Gasteiger partial charge is 0.166 e. The number of hydrogen-bond donors (Lipinski definition) is 2. The average molecular weight is 208 g/mol. The van der Waals surface area contributed by atoms with Gasteiger partial charge in [-0.05, 0) is 19.2 Å². The zero-order valence-corrected chi connectivity index (χ0v) is 9.04. The van der Waals surface area contributed by atoms with Gasteiger partial charge in [0.1, 0.15) is 5.75 Å². The van der Waals surface area contributed by atoms with Crippen LogP contribution in [-0.4, -0.2) is 26.5 Å². The van der Waals surface area contributed by atoms with Crippen LogP contribution in [0.25, 0.3) is 0 Å². The van der Waals surface area contributed by atoms with E-state index < -0.39 is 0 Å². The van der Waals surface area contributed by atoms with Crippen LogP contribution in [0.4, 0.5) is 5.69 Å². The number of methoxy groups -OCH3 is 1. The maximum absolute atomic E-state index is 11.7. The van der Waals surface area contributed by atoms with Crippen molar-refractivity contribution in [2.24, 2.45) is 0 Å². The summed E-state index contributed by atoms with van der Waals surface area (Å²) in [6.45, 7) is 0.657. The first-order valence-corrected chi connectivity index (χ1v) is 4.80. The summed E-state index contributed by atoms with van der Waals surface area (Å²) in [7, 11) is 3.38. The van der Waals surface area contributed by atoms with Gasteiger partial charge in [0.15, 0.2) is 5.78 Å². The quantitative estimate of drug-likeness (QED) is 0.561. The number of carbonyl (C=O) groups is 1. The van der Waals surface area contributed by atoms with E-state index in [4.69, 9.17) is 10.5 Å². The monoisotopic (exact) mass is 208 g/mol. The van der Waals surface area contributed by atoms with Crippen molar-refractivity contribution in [2.75, 3.05) is 26.4 Å². The molecule has 15 heavy (non-hydrogen) atoms. The van der Waals surface area contributed by atoms with Crippen molar-refractivity contribution in [1.82, 2.24) is 5.32 Å². The van der Waals surface area contributed by atoms with E-state index >= 15 is 0 Å². The Balaban J connectivity index is 2.81. The van der Waals surface area contributed by atoms with Gasteiger partial charge in [-0.3, -0.25) is 4.79 Å². The highest BCUT2D eigenvalue weighted by Crippen LogP contribution is 2.20. The Labute approximate surface area is 89.4 Å². The third-order valence-corrected chi connectivity index (χ3v) is 2.16. The Morgan fingerprint density at radius 2 is 2.27 bits per heavy atom. The van der Waals surface area contributed by atoms with Gasteiger partial charge >= 0.3 is 0 Å². The molecule has 0 aliphatic rings. The molecule has 1 rings (SSSR count). The number of nitrogens with two attached hydrogens (primary N) is 1. The molecule has 0 radical (unpaired) electrons. The van der Waals surface area contributed by atoms with E-state index in [1.54, 1.807) is 25.3 Å². The highest BCUT2D eigenvalue weighted by Gasteiger charge is 2.09. The van der Waals surface area contributed by atoms with Crippen LogP contribution in [0.2, 0.25) is 0 Å². The lowest BCUT2D eigenvalue weighted by Crippen LogP contribution is -2.14. The third-order valence-electron chi connectivity index (χ3n) is 2.16. The molecule has 0 saturated carbocycles. The van der Waals surface area contributed by atoms with Gasteiger partial charge in [-0.1, -0.05) is 0 Å². The number of hydrogen-bond acceptors (Lipinski definition) is 4. The fourth-order valence-corrected chi connectivity index (χ4v) is 1.29. The first kappa shape index (κ1) is 11.5. The molecule has 0 atom stereocenters. The van der Waals surface area contributed by atoms with E-state index in [2.05, 4.69) is 5.32 Å². The van der Waals surface area contributed by atoms with Crippen LogP contribution in [0, 0.1) is 0 Å². The number of Topliss-reactive ketones (excluding diaryl/α,β-unsaturated/α-hetero) is 1. The molecule has 0 amide bonds. The van der Waals surface area contributed by atoms with Crippen LogP contribution < -0.4 is 15.8 Å². The Kier molecular flexibility index (Phi) is 4.12. The van der Waals surface area contributed by atoms with Gasteiger partial charge in [-0.25, -0.2) is 0 Å². The molecule has 82 valence electrons. The van der Waals surface area contributed by atoms with Crippen LogP contribution in [0.15, 0.2) is 18.2 Å². The number of anilines is 1. The fourth-order valence-electron chi connectivity index (χ4n) is 1.29. The molecular formula is C11H16N2O2. The summed E-state index contributed by atoms with van der Waals surface area (Å²) in [5.41, 5.74) is 6.78. The fraction of sp³-hybridized carbons (Fsp3) is 0.364. The number of benzene rings is 1. The molecule has 4 nitrogen and oxygen atoms in total. The van der Waals surface area contributed by atoms with E-state index in [-0.39, 0.29) is 5.78 Å². The first-order valence-electron chi connectivity index (χ1n) is 4.80. The molecule has 3 N–H and O–H groups in total. The average Bonchev–Trinajstić information content (AvgIpc) is 2.25. The van der Waals surface area contributed by atoms with Crippen LogP contribution in [0.1, 0.15) is 16.8 Å². The van der Waals surface area contributed by atoms with E-state index in [9.17, 15) is 4.79 Å². The Hall–Kier alpha value is -1.55. The number of nitrogen functional groups attached to an aromatic ring is 1. The Morgan fingerprint density at radius 1 is 1.53 bits per heavy atom. The highest BCUT2D eigenvalue weighted by molar-refractivity contribution is 6.01. The SMILES string of the molecule is CNCCC(=O)c1ccc(OC)cc1N. The van der Waals surface area contributed by atoms with Gasteiger partial charge in [-0.15, -0.1) is 0 Å². The lowest BCUT2D eigenvalue weighted by Gasteiger charge is -2.06. The molecule has 0 aliphatic heterocycles. The molecule has 0 aromatic heterocycles. The number of ketones is 1. The molecule has 0 heterocycles. The van der Waals surface area contributed by atoms with Crippen molar-refractivity contribution in [3.05, 3.63) is 23.8 Å². The Bertz CT molecular complexity index is 350. The van der Waals surface area contributed by atoms with Gasteiger partial charge in [0.05, 0.1) is 7.11 Å². The summed E-state index contributed by atoms with van der Waals surface area (Å²) in [6, 6.07) is 5.10. The zero-order valence-electron chi connectivity index (χ0n) is 9.04. The van der Waals surface area contributed by atoms with Gasteiger partial charge in [0.2, 0.25) is 0 Å².